The van der Waals surface area contributed by atoms with Crippen molar-refractivity contribution in [2.24, 2.45) is 0 Å². The first-order chi connectivity index (χ1) is 15.3. The molecule has 2 nitrogen and oxygen atoms in total. The number of benzene rings is 4. The lowest BCUT2D eigenvalue weighted by molar-refractivity contribution is 0.814. The van der Waals surface area contributed by atoms with Crippen LogP contribution >= 0.6 is 0 Å². The Morgan fingerprint density at radius 3 is 1.81 bits per heavy atom. The van der Waals surface area contributed by atoms with Crippen LogP contribution in [-0.4, -0.2) is 9.55 Å². The van der Waals surface area contributed by atoms with Gasteiger partial charge in [-0.05, 0) is 18.1 Å². The number of hydrogen-bond donors (Lipinski definition) is 0. The predicted octanol–water partition coefficient (Wildman–Crippen LogP) is 7.24. The van der Waals surface area contributed by atoms with Crippen LogP contribution in [0.5, 0.6) is 0 Å². The normalized spacial score (nSPS) is 10.9. The number of nitrogens with zero attached hydrogens (tertiary/aromatic N) is 2. The van der Waals surface area contributed by atoms with E-state index in [2.05, 4.69) is 127 Å². The summed E-state index contributed by atoms with van der Waals surface area (Å²) in [6, 6.07) is 40.2. The van der Waals surface area contributed by atoms with Crippen LogP contribution < -0.4 is 0 Å². The third kappa shape index (κ3) is 3.80. The molecule has 1 aromatic heterocycles. The zero-order chi connectivity index (χ0) is 21.0. The van der Waals surface area contributed by atoms with Crippen molar-refractivity contribution in [1.29, 1.82) is 0 Å². The molecule has 0 aliphatic rings. The van der Waals surface area contributed by atoms with Crippen LogP contribution in [0.1, 0.15) is 11.1 Å². The fourth-order valence-electron chi connectivity index (χ4n) is 4.09. The number of hydrogen-bond acceptors (Lipinski definition) is 1. The Balaban J connectivity index is 1.82. The summed E-state index contributed by atoms with van der Waals surface area (Å²) in [4.78, 5) is 5.25. The molecule has 5 rings (SSSR count). The highest BCUT2D eigenvalue weighted by Crippen LogP contribution is 2.37. The van der Waals surface area contributed by atoms with Crippen molar-refractivity contribution in [2.45, 2.75) is 13.5 Å². The minimum absolute atomic E-state index is 0.759. The summed E-state index contributed by atoms with van der Waals surface area (Å²) in [6.45, 7) is 2.91. The molecule has 0 unspecified atom stereocenters. The quantitative estimate of drug-likeness (QED) is 0.304. The van der Waals surface area contributed by atoms with Crippen LogP contribution in [0.15, 0.2) is 115 Å². The lowest BCUT2D eigenvalue weighted by atomic mass is 10.0. The van der Waals surface area contributed by atoms with Crippen LogP contribution in [0.2, 0.25) is 0 Å². The van der Waals surface area contributed by atoms with Gasteiger partial charge < -0.3 is 4.57 Å². The Morgan fingerprint density at radius 2 is 1.16 bits per heavy atom. The zero-order valence-electron chi connectivity index (χ0n) is 17.6. The van der Waals surface area contributed by atoms with Gasteiger partial charge in [0.2, 0.25) is 0 Å². The molecule has 5 aromatic rings. The predicted molar refractivity (Wildman–Crippen MR) is 129 cm³/mol. The van der Waals surface area contributed by atoms with Crippen molar-refractivity contribution >= 4 is 0 Å². The summed E-state index contributed by atoms with van der Waals surface area (Å²) in [7, 11) is 0. The zero-order valence-corrected chi connectivity index (χ0v) is 17.6. The van der Waals surface area contributed by atoms with Gasteiger partial charge in [0.1, 0.15) is 5.82 Å². The van der Waals surface area contributed by atoms with E-state index >= 15 is 0 Å². The molecule has 0 radical (unpaired) electrons. The molecule has 1 heterocycles. The van der Waals surface area contributed by atoms with Gasteiger partial charge in [-0.2, -0.15) is 0 Å². The smallest absolute Gasteiger partial charge is 0.141 e. The fraction of sp³-hybridized carbons (Fsp3) is 0.0690. The third-order valence-electron chi connectivity index (χ3n) is 5.63. The van der Waals surface area contributed by atoms with E-state index in [1.165, 1.54) is 16.7 Å². The molecule has 2 heteroatoms. The van der Waals surface area contributed by atoms with E-state index in [1.54, 1.807) is 0 Å². The van der Waals surface area contributed by atoms with Crippen molar-refractivity contribution in [2.75, 3.05) is 0 Å². The van der Waals surface area contributed by atoms with Gasteiger partial charge in [-0.1, -0.05) is 115 Å². The van der Waals surface area contributed by atoms with E-state index in [1.807, 2.05) is 0 Å². The molecule has 0 saturated carbocycles. The Hall–Kier alpha value is -3.91. The number of rotatable bonds is 5. The summed E-state index contributed by atoms with van der Waals surface area (Å²) < 4.78 is 2.37. The second-order valence-electron chi connectivity index (χ2n) is 7.75. The summed E-state index contributed by atoms with van der Waals surface area (Å²) in [5, 5.41) is 0. The molecule has 4 aromatic carbocycles. The first kappa shape index (κ1) is 19.1. The molecule has 0 atom stereocenters. The Kier molecular flexibility index (Phi) is 5.20. The SMILES string of the molecule is Cc1ccccc1-c1nc(-c2ccccc2)c(-c2ccccc2)n1Cc1ccccc1. The van der Waals surface area contributed by atoms with E-state index in [0.717, 1.165) is 34.9 Å². The number of imidazole rings is 1. The highest BCUT2D eigenvalue weighted by Gasteiger charge is 2.22. The number of aromatic nitrogens is 2. The molecule has 31 heavy (non-hydrogen) atoms. The first-order valence-corrected chi connectivity index (χ1v) is 10.6. The van der Waals surface area contributed by atoms with Gasteiger partial charge in [0.05, 0.1) is 11.4 Å². The molecular formula is C29H24N2. The van der Waals surface area contributed by atoms with E-state index in [-0.39, 0.29) is 0 Å². The van der Waals surface area contributed by atoms with E-state index in [4.69, 9.17) is 4.98 Å². The van der Waals surface area contributed by atoms with Gasteiger partial charge in [0.15, 0.2) is 0 Å². The van der Waals surface area contributed by atoms with E-state index < -0.39 is 0 Å². The maximum Gasteiger partial charge on any atom is 0.141 e. The monoisotopic (exact) mass is 400 g/mol. The molecule has 0 aliphatic heterocycles. The molecule has 0 N–H and O–H groups in total. The van der Waals surface area contributed by atoms with Crippen molar-refractivity contribution < 1.29 is 0 Å². The highest BCUT2D eigenvalue weighted by atomic mass is 15.1. The summed E-state index contributed by atoms with van der Waals surface area (Å²) >= 11 is 0. The van der Waals surface area contributed by atoms with Gasteiger partial charge in [0, 0.05) is 23.2 Å². The summed E-state index contributed by atoms with van der Waals surface area (Å²) in [6.07, 6.45) is 0. The van der Waals surface area contributed by atoms with Crippen LogP contribution in [0.25, 0.3) is 33.9 Å². The standard InChI is InChI=1S/C29H24N2/c1-22-13-11-12-20-26(22)29-30-27(24-16-7-3-8-17-24)28(25-18-9-4-10-19-25)31(29)21-23-14-5-2-6-15-23/h2-20H,21H2,1H3. The molecule has 0 fully saturated rings. The highest BCUT2D eigenvalue weighted by molar-refractivity contribution is 5.82. The van der Waals surface area contributed by atoms with Crippen LogP contribution in [-0.2, 0) is 6.54 Å². The van der Waals surface area contributed by atoms with Crippen LogP contribution in [0, 0.1) is 6.92 Å². The lowest BCUT2D eigenvalue weighted by Gasteiger charge is -2.14. The molecule has 0 saturated heterocycles. The Morgan fingerprint density at radius 1 is 0.613 bits per heavy atom. The van der Waals surface area contributed by atoms with Crippen LogP contribution in [0.3, 0.4) is 0 Å². The van der Waals surface area contributed by atoms with E-state index in [9.17, 15) is 0 Å². The lowest BCUT2D eigenvalue weighted by Crippen LogP contribution is -2.05. The topological polar surface area (TPSA) is 17.8 Å². The molecule has 0 aliphatic carbocycles. The molecule has 0 bridgehead atoms. The first-order valence-electron chi connectivity index (χ1n) is 10.6. The molecule has 0 spiro atoms. The van der Waals surface area contributed by atoms with Gasteiger partial charge >= 0.3 is 0 Å². The second kappa shape index (κ2) is 8.45. The van der Waals surface area contributed by atoms with Crippen molar-refractivity contribution in [3.05, 3.63) is 126 Å². The van der Waals surface area contributed by atoms with Crippen molar-refractivity contribution in [1.82, 2.24) is 9.55 Å². The summed E-state index contributed by atoms with van der Waals surface area (Å²) in [5.41, 5.74) is 8.10. The summed E-state index contributed by atoms with van der Waals surface area (Å²) in [5.74, 6) is 1.000. The minimum atomic E-state index is 0.759. The largest absolute Gasteiger partial charge is 0.319 e. The Bertz CT molecular complexity index is 1290. The maximum absolute atomic E-state index is 5.25. The van der Waals surface area contributed by atoms with Gasteiger partial charge in [-0.15, -0.1) is 0 Å². The molecule has 150 valence electrons. The Labute approximate surface area is 183 Å². The van der Waals surface area contributed by atoms with Gasteiger partial charge in [0.25, 0.3) is 0 Å². The second-order valence-corrected chi connectivity index (χ2v) is 7.75. The number of aryl methyl sites for hydroxylation is 1. The van der Waals surface area contributed by atoms with Gasteiger partial charge in [-0.25, -0.2) is 4.98 Å². The van der Waals surface area contributed by atoms with Crippen LogP contribution in [0.4, 0.5) is 0 Å². The fourth-order valence-corrected chi connectivity index (χ4v) is 4.09. The van der Waals surface area contributed by atoms with Gasteiger partial charge in [-0.3, -0.25) is 0 Å². The third-order valence-corrected chi connectivity index (χ3v) is 5.63. The minimum Gasteiger partial charge on any atom is -0.319 e. The molecular weight excluding hydrogens is 376 g/mol. The van der Waals surface area contributed by atoms with Crippen molar-refractivity contribution in [3.8, 4) is 33.9 Å². The average molecular weight is 401 g/mol. The molecule has 0 amide bonds. The average Bonchev–Trinajstić information content (AvgIpc) is 3.20. The van der Waals surface area contributed by atoms with E-state index in [0.29, 0.717) is 0 Å². The maximum atomic E-state index is 5.25. The van der Waals surface area contributed by atoms with Crippen molar-refractivity contribution in [3.63, 3.8) is 0 Å².